The number of ether oxygens (including phenoxy) is 2. The summed E-state index contributed by atoms with van der Waals surface area (Å²) >= 11 is 0. The van der Waals surface area contributed by atoms with Gasteiger partial charge >= 0.3 is 11.9 Å². The van der Waals surface area contributed by atoms with Crippen molar-refractivity contribution in [2.24, 2.45) is 0 Å². The van der Waals surface area contributed by atoms with Gasteiger partial charge in [0.1, 0.15) is 6.10 Å². The number of hydrogen-bond acceptors (Lipinski definition) is 5. The Balaban J connectivity index is 2.13. The van der Waals surface area contributed by atoms with Crippen LogP contribution in [-0.2, 0) is 25.5 Å². The van der Waals surface area contributed by atoms with Crippen LogP contribution >= 0.6 is 0 Å². The highest BCUT2D eigenvalue weighted by Crippen LogP contribution is 2.34. The predicted octanol–water partition coefficient (Wildman–Crippen LogP) is 0.449. The first-order valence-electron chi connectivity index (χ1n) is 5.61. The van der Waals surface area contributed by atoms with Crippen molar-refractivity contribution in [1.29, 1.82) is 0 Å². The van der Waals surface area contributed by atoms with Crippen LogP contribution in [0.15, 0.2) is 30.3 Å². The van der Waals surface area contributed by atoms with Crippen LogP contribution in [0.1, 0.15) is 12.0 Å². The standard InChI is InChI=1S/C13H14O5/c1-17-12(16)13(8-11(15)18-13)10(14)7-9-5-3-2-4-6-9/h2-6,10,14H,7-8H2,1H3. The van der Waals surface area contributed by atoms with Crippen molar-refractivity contribution in [3.8, 4) is 0 Å². The van der Waals surface area contributed by atoms with Crippen molar-refractivity contribution in [3.63, 3.8) is 0 Å². The normalized spacial score (nSPS) is 23.8. The van der Waals surface area contributed by atoms with Crippen molar-refractivity contribution in [2.45, 2.75) is 24.5 Å². The number of hydrogen-bond donors (Lipinski definition) is 1. The number of rotatable bonds is 4. The molecule has 5 nitrogen and oxygen atoms in total. The second-order valence-corrected chi connectivity index (χ2v) is 4.24. The molecule has 0 spiro atoms. The lowest BCUT2D eigenvalue weighted by atomic mass is 9.84. The number of aliphatic hydroxyl groups excluding tert-OH is 1. The maximum absolute atomic E-state index is 11.6. The molecule has 1 heterocycles. The van der Waals surface area contributed by atoms with Gasteiger partial charge in [-0.2, -0.15) is 0 Å². The van der Waals surface area contributed by atoms with E-state index in [1.807, 2.05) is 30.3 Å². The first kappa shape index (κ1) is 12.6. The minimum atomic E-state index is -1.54. The highest BCUT2D eigenvalue weighted by molar-refractivity contribution is 5.94. The van der Waals surface area contributed by atoms with Crippen LogP contribution in [0.4, 0.5) is 0 Å². The van der Waals surface area contributed by atoms with Crippen LogP contribution < -0.4 is 0 Å². The van der Waals surface area contributed by atoms with Crippen molar-refractivity contribution < 1.29 is 24.2 Å². The molecule has 0 aliphatic carbocycles. The zero-order chi connectivity index (χ0) is 13.2. The second kappa shape index (κ2) is 4.78. The maximum Gasteiger partial charge on any atom is 0.353 e. The van der Waals surface area contributed by atoms with Gasteiger partial charge in [-0.1, -0.05) is 30.3 Å². The van der Waals surface area contributed by atoms with Crippen molar-refractivity contribution in [2.75, 3.05) is 7.11 Å². The van der Waals surface area contributed by atoms with Gasteiger partial charge in [0.25, 0.3) is 0 Å². The zero-order valence-corrected chi connectivity index (χ0v) is 9.96. The number of methoxy groups -OCH3 is 1. The van der Waals surface area contributed by atoms with E-state index in [4.69, 9.17) is 4.74 Å². The molecule has 1 aliphatic rings. The predicted molar refractivity (Wildman–Crippen MR) is 61.6 cm³/mol. The summed E-state index contributed by atoms with van der Waals surface area (Å²) < 4.78 is 9.44. The lowest BCUT2D eigenvalue weighted by Crippen LogP contribution is -2.62. The quantitative estimate of drug-likeness (QED) is 0.785. The molecule has 2 unspecified atom stereocenters. The molecule has 1 aromatic carbocycles. The molecule has 0 amide bonds. The van der Waals surface area contributed by atoms with Gasteiger partial charge in [0, 0.05) is 6.42 Å². The molecule has 2 rings (SSSR count). The molecular formula is C13H14O5. The number of benzene rings is 1. The number of cyclic esters (lactones) is 1. The molecule has 0 aromatic heterocycles. The van der Waals surface area contributed by atoms with Gasteiger partial charge in [0.15, 0.2) is 0 Å². The monoisotopic (exact) mass is 250 g/mol. The van der Waals surface area contributed by atoms with Gasteiger partial charge in [-0.3, -0.25) is 4.79 Å². The summed E-state index contributed by atoms with van der Waals surface area (Å²) in [6.07, 6.45) is -1.03. The smallest absolute Gasteiger partial charge is 0.353 e. The highest BCUT2D eigenvalue weighted by atomic mass is 16.6. The molecule has 1 fully saturated rings. The topological polar surface area (TPSA) is 72.8 Å². The Bertz CT molecular complexity index is 446. The number of esters is 2. The molecule has 0 radical (unpaired) electrons. The Kier molecular flexibility index (Phi) is 3.34. The Morgan fingerprint density at radius 3 is 2.61 bits per heavy atom. The van der Waals surface area contributed by atoms with E-state index >= 15 is 0 Å². The fourth-order valence-corrected chi connectivity index (χ4v) is 2.02. The molecule has 5 heteroatoms. The third-order valence-corrected chi connectivity index (χ3v) is 3.04. The van der Waals surface area contributed by atoms with Gasteiger partial charge in [-0.25, -0.2) is 4.79 Å². The molecule has 18 heavy (non-hydrogen) atoms. The van der Waals surface area contributed by atoms with E-state index in [1.54, 1.807) is 0 Å². The van der Waals surface area contributed by atoms with E-state index < -0.39 is 23.6 Å². The van der Waals surface area contributed by atoms with Gasteiger partial charge in [-0.05, 0) is 5.56 Å². The molecule has 1 saturated heterocycles. The van der Waals surface area contributed by atoms with Crippen LogP contribution in [0.25, 0.3) is 0 Å². The Morgan fingerprint density at radius 2 is 2.11 bits per heavy atom. The van der Waals surface area contributed by atoms with Crippen LogP contribution in [0.3, 0.4) is 0 Å². The summed E-state index contributed by atoms with van der Waals surface area (Å²) in [5, 5.41) is 10.1. The summed E-state index contributed by atoms with van der Waals surface area (Å²) in [4.78, 5) is 22.6. The molecule has 1 aromatic rings. The summed E-state index contributed by atoms with van der Waals surface area (Å²) in [6, 6.07) is 9.18. The molecule has 0 bridgehead atoms. The molecular weight excluding hydrogens is 236 g/mol. The van der Waals surface area contributed by atoms with E-state index in [2.05, 4.69) is 4.74 Å². The van der Waals surface area contributed by atoms with Crippen molar-refractivity contribution >= 4 is 11.9 Å². The van der Waals surface area contributed by atoms with Gasteiger partial charge in [0.2, 0.25) is 5.60 Å². The van der Waals surface area contributed by atoms with E-state index in [1.165, 1.54) is 7.11 Å². The van der Waals surface area contributed by atoms with Crippen LogP contribution in [0, 0.1) is 0 Å². The summed E-state index contributed by atoms with van der Waals surface area (Å²) in [5.74, 6) is -1.22. The van der Waals surface area contributed by atoms with Crippen LogP contribution in [-0.4, -0.2) is 35.9 Å². The largest absolute Gasteiger partial charge is 0.466 e. The Labute approximate surface area is 104 Å². The minimum absolute atomic E-state index is 0.145. The number of carbonyl (C=O) groups is 2. The Hall–Kier alpha value is -1.88. The third-order valence-electron chi connectivity index (χ3n) is 3.04. The fourth-order valence-electron chi connectivity index (χ4n) is 2.02. The van der Waals surface area contributed by atoms with Gasteiger partial charge < -0.3 is 14.6 Å². The molecule has 1 N–H and O–H groups in total. The van der Waals surface area contributed by atoms with Crippen molar-refractivity contribution in [1.82, 2.24) is 0 Å². The van der Waals surface area contributed by atoms with Gasteiger partial charge in [-0.15, -0.1) is 0 Å². The highest BCUT2D eigenvalue weighted by Gasteiger charge is 2.59. The van der Waals surface area contributed by atoms with Crippen LogP contribution in [0.5, 0.6) is 0 Å². The average Bonchev–Trinajstić information content (AvgIpc) is 2.34. The van der Waals surface area contributed by atoms with E-state index in [-0.39, 0.29) is 12.8 Å². The third kappa shape index (κ3) is 2.09. The first-order valence-corrected chi connectivity index (χ1v) is 5.61. The molecule has 0 saturated carbocycles. The van der Waals surface area contributed by atoms with Crippen molar-refractivity contribution in [3.05, 3.63) is 35.9 Å². The van der Waals surface area contributed by atoms with E-state index in [9.17, 15) is 14.7 Å². The lowest BCUT2D eigenvalue weighted by molar-refractivity contribution is -0.223. The molecule has 2 atom stereocenters. The van der Waals surface area contributed by atoms with E-state index in [0.717, 1.165) is 5.56 Å². The second-order valence-electron chi connectivity index (χ2n) is 4.24. The molecule has 96 valence electrons. The SMILES string of the molecule is COC(=O)C1(C(O)Cc2ccccc2)CC(=O)O1. The number of carbonyl (C=O) groups excluding carboxylic acids is 2. The van der Waals surface area contributed by atoms with E-state index in [0.29, 0.717) is 0 Å². The number of aliphatic hydroxyl groups is 1. The fraction of sp³-hybridized carbons (Fsp3) is 0.385. The summed E-state index contributed by atoms with van der Waals surface area (Å²) in [5.41, 5.74) is -0.682. The first-order chi connectivity index (χ1) is 8.58. The maximum atomic E-state index is 11.6. The van der Waals surface area contributed by atoms with Crippen LogP contribution in [0.2, 0.25) is 0 Å². The Morgan fingerprint density at radius 1 is 1.50 bits per heavy atom. The summed E-state index contributed by atoms with van der Waals surface area (Å²) in [7, 11) is 1.20. The lowest BCUT2D eigenvalue weighted by Gasteiger charge is -2.40. The average molecular weight is 250 g/mol. The zero-order valence-electron chi connectivity index (χ0n) is 9.96. The minimum Gasteiger partial charge on any atom is -0.466 e. The van der Waals surface area contributed by atoms with Gasteiger partial charge in [0.05, 0.1) is 13.5 Å². The summed E-state index contributed by atoms with van der Waals surface area (Å²) in [6.45, 7) is 0. The molecule has 1 aliphatic heterocycles.